The number of aromatic nitrogens is 1. The van der Waals surface area contributed by atoms with E-state index in [-0.39, 0.29) is 24.2 Å². The molecule has 0 unspecified atom stereocenters. The molecule has 6 nitrogen and oxygen atoms in total. The molecular formula is C24H24FN3O3. The van der Waals surface area contributed by atoms with E-state index in [0.717, 1.165) is 23.3 Å². The topological polar surface area (TPSA) is 58.8 Å². The number of amides is 1. The molecule has 2 aromatic carbocycles. The molecule has 31 heavy (non-hydrogen) atoms. The van der Waals surface area contributed by atoms with Crippen LogP contribution in [0.5, 0.6) is 5.75 Å². The van der Waals surface area contributed by atoms with Crippen LogP contribution >= 0.6 is 0 Å². The summed E-state index contributed by atoms with van der Waals surface area (Å²) in [5.74, 6) is 1.34. The fraction of sp³-hybridized carbons (Fsp3) is 0.333. The molecule has 1 fully saturated rings. The van der Waals surface area contributed by atoms with Crippen LogP contribution in [0.2, 0.25) is 0 Å². The number of nitrogens with zero attached hydrogens (tertiary/aromatic N) is 3. The minimum Gasteiger partial charge on any atom is -0.490 e. The third-order valence-electron chi connectivity index (χ3n) is 5.90. The Hall–Kier alpha value is -3.35. The van der Waals surface area contributed by atoms with E-state index in [1.54, 1.807) is 17.0 Å². The number of piperazine rings is 1. The zero-order valence-corrected chi connectivity index (χ0v) is 17.4. The van der Waals surface area contributed by atoms with Gasteiger partial charge >= 0.3 is 0 Å². The van der Waals surface area contributed by atoms with Crippen molar-refractivity contribution in [2.24, 2.45) is 0 Å². The van der Waals surface area contributed by atoms with Crippen molar-refractivity contribution in [3.8, 4) is 17.1 Å². The minimum atomic E-state index is -0.232. The summed E-state index contributed by atoms with van der Waals surface area (Å²) < 4.78 is 25.3. The largest absolute Gasteiger partial charge is 0.490 e. The summed E-state index contributed by atoms with van der Waals surface area (Å²) in [7, 11) is 0. The third kappa shape index (κ3) is 4.00. The summed E-state index contributed by atoms with van der Waals surface area (Å²) in [6.07, 6.45) is 1.25. The smallest absolute Gasteiger partial charge is 0.228 e. The standard InChI is InChI=1S/C24H24FN3O3/c1-16-12-18-13-17(6-7-22(18)30-16)23-14-19(26-31-23)15-24(29)28-10-8-27(9-11-28)21-5-3-2-4-20(21)25/h2-7,13-14,16H,8-12,15H2,1H3/t16-/m1/s1. The second kappa shape index (κ2) is 8.06. The zero-order valence-electron chi connectivity index (χ0n) is 17.4. The van der Waals surface area contributed by atoms with Crippen LogP contribution < -0.4 is 9.64 Å². The molecule has 0 spiro atoms. The summed E-state index contributed by atoms with van der Waals surface area (Å²) in [6, 6.07) is 14.5. The van der Waals surface area contributed by atoms with Gasteiger partial charge in [-0.1, -0.05) is 17.3 Å². The number of halogens is 1. The number of hydrogen-bond donors (Lipinski definition) is 0. The lowest BCUT2D eigenvalue weighted by Crippen LogP contribution is -2.49. The molecule has 1 amide bonds. The number of carbonyl (C=O) groups excluding carboxylic acids is 1. The summed E-state index contributed by atoms with van der Waals surface area (Å²) >= 11 is 0. The van der Waals surface area contributed by atoms with Crippen molar-refractivity contribution in [3.05, 3.63) is 65.6 Å². The van der Waals surface area contributed by atoms with Crippen LogP contribution in [-0.4, -0.2) is 48.2 Å². The first-order chi connectivity index (χ1) is 15.1. The van der Waals surface area contributed by atoms with Gasteiger partial charge in [-0.05, 0) is 42.8 Å². The Morgan fingerprint density at radius 3 is 2.74 bits per heavy atom. The van der Waals surface area contributed by atoms with Gasteiger partial charge in [-0.25, -0.2) is 4.39 Å². The van der Waals surface area contributed by atoms with E-state index in [1.165, 1.54) is 6.07 Å². The molecule has 2 aliphatic heterocycles. The van der Waals surface area contributed by atoms with Gasteiger partial charge in [0, 0.05) is 44.2 Å². The highest BCUT2D eigenvalue weighted by Gasteiger charge is 2.24. The number of hydrogen-bond acceptors (Lipinski definition) is 5. The highest BCUT2D eigenvalue weighted by molar-refractivity contribution is 5.79. The van der Waals surface area contributed by atoms with Gasteiger partial charge in [-0.15, -0.1) is 0 Å². The lowest BCUT2D eigenvalue weighted by molar-refractivity contribution is -0.130. The Kier molecular flexibility index (Phi) is 5.10. The Morgan fingerprint density at radius 2 is 1.94 bits per heavy atom. The molecule has 0 bridgehead atoms. The first-order valence-electron chi connectivity index (χ1n) is 10.6. The molecule has 1 atom stereocenters. The monoisotopic (exact) mass is 421 g/mol. The lowest BCUT2D eigenvalue weighted by Gasteiger charge is -2.36. The normalized spacial score (nSPS) is 18.1. The van der Waals surface area contributed by atoms with E-state index in [0.29, 0.717) is 43.3 Å². The minimum absolute atomic E-state index is 0.00390. The van der Waals surface area contributed by atoms with E-state index in [1.807, 2.05) is 36.1 Å². The summed E-state index contributed by atoms with van der Waals surface area (Å²) in [4.78, 5) is 16.5. The summed E-state index contributed by atoms with van der Waals surface area (Å²) in [5.41, 5.74) is 3.29. The maximum Gasteiger partial charge on any atom is 0.228 e. The maximum atomic E-state index is 14.0. The van der Waals surface area contributed by atoms with Crippen molar-refractivity contribution in [1.29, 1.82) is 0 Å². The molecule has 1 saturated heterocycles. The number of rotatable bonds is 4. The van der Waals surface area contributed by atoms with Gasteiger partial charge in [-0.2, -0.15) is 0 Å². The van der Waals surface area contributed by atoms with Crippen molar-refractivity contribution < 1.29 is 18.4 Å². The van der Waals surface area contributed by atoms with Gasteiger partial charge in [-0.3, -0.25) is 4.79 Å². The summed E-state index contributed by atoms with van der Waals surface area (Å²) in [6.45, 7) is 4.37. The molecule has 0 radical (unpaired) electrons. The molecule has 5 rings (SSSR count). The predicted octanol–water partition coefficient (Wildman–Crippen LogP) is 3.70. The van der Waals surface area contributed by atoms with Crippen LogP contribution in [0.15, 0.2) is 53.1 Å². The Balaban J connectivity index is 1.20. The van der Waals surface area contributed by atoms with E-state index < -0.39 is 0 Å². The third-order valence-corrected chi connectivity index (χ3v) is 5.90. The molecule has 0 N–H and O–H groups in total. The average Bonchev–Trinajstić information content (AvgIpc) is 3.39. The number of carbonyl (C=O) groups is 1. The van der Waals surface area contributed by atoms with Gasteiger partial charge in [0.15, 0.2) is 5.76 Å². The van der Waals surface area contributed by atoms with E-state index in [2.05, 4.69) is 11.2 Å². The quantitative estimate of drug-likeness (QED) is 0.643. The maximum absolute atomic E-state index is 14.0. The fourth-order valence-electron chi connectivity index (χ4n) is 4.28. The van der Waals surface area contributed by atoms with Gasteiger partial charge in [0.2, 0.25) is 5.91 Å². The molecule has 3 aromatic rings. The molecular weight excluding hydrogens is 397 g/mol. The molecule has 1 aromatic heterocycles. The molecule has 3 heterocycles. The molecule has 0 saturated carbocycles. The van der Waals surface area contributed by atoms with Gasteiger partial charge < -0.3 is 19.1 Å². The molecule has 7 heteroatoms. The number of benzene rings is 2. The van der Waals surface area contributed by atoms with Crippen molar-refractivity contribution in [2.75, 3.05) is 31.1 Å². The van der Waals surface area contributed by atoms with Crippen LogP contribution in [0.1, 0.15) is 18.2 Å². The van der Waals surface area contributed by atoms with Crippen LogP contribution in [0, 0.1) is 5.82 Å². The average molecular weight is 421 g/mol. The Labute approximate surface area is 180 Å². The van der Waals surface area contributed by atoms with Crippen molar-refractivity contribution in [3.63, 3.8) is 0 Å². The first-order valence-corrected chi connectivity index (χ1v) is 10.6. The van der Waals surface area contributed by atoms with Crippen LogP contribution in [0.3, 0.4) is 0 Å². The SMILES string of the molecule is C[C@@H]1Cc2cc(-c3cc(CC(=O)N4CCN(c5ccccc5F)CC4)no3)ccc2O1. The Bertz CT molecular complexity index is 1100. The number of anilines is 1. The zero-order chi connectivity index (χ0) is 21.4. The number of fused-ring (bicyclic) bond motifs is 1. The summed E-state index contributed by atoms with van der Waals surface area (Å²) in [5, 5.41) is 4.10. The fourth-order valence-corrected chi connectivity index (χ4v) is 4.28. The predicted molar refractivity (Wildman–Crippen MR) is 115 cm³/mol. The second-order valence-corrected chi connectivity index (χ2v) is 8.13. The number of para-hydroxylation sites is 1. The second-order valence-electron chi connectivity index (χ2n) is 8.13. The molecule has 2 aliphatic rings. The molecule has 160 valence electrons. The van der Waals surface area contributed by atoms with E-state index >= 15 is 0 Å². The lowest BCUT2D eigenvalue weighted by atomic mass is 10.1. The number of ether oxygens (including phenoxy) is 1. The molecule has 0 aliphatic carbocycles. The van der Waals surface area contributed by atoms with Crippen molar-refractivity contribution in [2.45, 2.75) is 25.9 Å². The first kappa shape index (κ1) is 19.6. The van der Waals surface area contributed by atoms with E-state index in [4.69, 9.17) is 9.26 Å². The van der Waals surface area contributed by atoms with Crippen LogP contribution in [0.25, 0.3) is 11.3 Å². The van der Waals surface area contributed by atoms with Gasteiger partial charge in [0.05, 0.1) is 17.8 Å². The van der Waals surface area contributed by atoms with Crippen molar-refractivity contribution in [1.82, 2.24) is 10.1 Å². The highest BCUT2D eigenvalue weighted by atomic mass is 19.1. The van der Waals surface area contributed by atoms with Gasteiger partial charge in [0.1, 0.15) is 17.7 Å². The highest BCUT2D eigenvalue weighted by Crippen LogP contribution is 2.33. The Morgan fingerprint density at radius 1 is 1.13 bits per heavy atom. The van der Waals surface area contributed by atoms with Gasteiger partial charge in [0.25, 0.3) is 0 Å². The van der Waals surface area contributed by atoms with E-state index in [9.17, 15) is 9.18 Å². The van der Waals surface area contributed by atoms with Crippen LogP contribution in [0.4, 0.5) is 10.1 Å². The van der Waals surface area contributed by atoms with Crippen LogP contribution in [-0.2, 0) is 17.6 Å². The van der Waals surface area contributed by atoms with Crippen molar-refractivity contribution >= 4 is 11.6 Å².